The SMILES string of the molecule is CO.O=[N+]([O-])O.[Zn]. The zero-order valence-corrected chi connectivity index (χ0v) is 6.83. The van der Waals surface area contributed by atoms with Crippen molar-refractivity contribution in [3.8, 4) is 0 Å². The molecule has 6 heteroatoms. The number of hydrogen-bond donors (Lipinski definition) is 2. The summed E-state index contributed by atoms with van der Waals surface area (Å²) in [6.45, 7) is 0. The third-order valence-corrected chi connectivity index (χ3v) is 0. The maximum absolute atomic E-state index is 8.36. The van der Waals surface area contributed by atoms with Crippen LogP contribution >= 0.6 is 0 Å². The first kappa shape index (κ1) is 15.9. The van der Waals surface area contributed by atoms with E-state index >= 15 is 0 Å². The van der Waals surface area contributed by atoms with Crippen molar-refractivity contribution in [2.45, 2.75) is 0 Å². The molecule has 0 saturated carbocycles. The van der Waals surface area contributed by atoms with E-state index in [0.717, 1.165) is 7.11 Å². The second kappa shape index (κ2) is 17.1. The molecule has 0 fully saturated rings. The third kappa shape index (κ3) is 1760. The molecule has 0 unspecified atom stereocenters. The van der Waals surface area contributed by atoms with Gasteiger partial charge in [-0.15, -0.1) is 10.1 Å². The molecule has 0 rings (SSSR count). The Hall–Kier alpha value is -0.217. The fourth-order valence-electron chi connectivity index (χ4n) is 0. The van der Waals surface area contributed by atoms with Crippen LogP contribution in [0.1, 0.15) is 0 Å². The third-order valence-electron chi connectivity index (χ3n) is 0. The maximum Gasteiger partial charge on any atom is 0.291 e. The molecular weight excluding hydrogens is 155 g/mol. The first-order valence-corrected chi connectivity index (χ1v) is 1.01. The van der Waals surface area contributed by atoms with Gasteiger partial charge in [0.1, 0.15) is 0 Å². The largest absolute Gasteiger partial charge is 0.400 e. The van der Waals surface area contributed by atoms with Crippen molar-refractivity contribution in [1.29, 1.82) is 0 Å². The molecule has 0 radical (unpaired) electrons. The number of nitrogens with zero attached hydrogens (tertiary/aromatic N) is 1. The van der Waals surface area contributed by atoms with Gasteiger partial charge in [0.05, 0.1) is 0 Å². The van der Waals surface area contributed by atoms with Crippen molar-refractivity contribution in [3.05, 3.63) is 10.1 Å². The van der Waals surface area contributed by atoms with Crippen LogP contribution in [0, 0.1) is 10.1 Å². The Morgan fingerprint density at radius 3 is 1.57 bits per heavy atom. The molecule has 0 aliphatic rings. The molecule has 0 amide bonds. The normalized spacial score (nSPS) is 4.29. The molecule has 0 aromatic carbocycles. The van der Waals surface area contributed by atoms with Crippen LogP contribution in [0.5, 0.6) is 0 Å². The Bertz CT molecular complexity index is 34.7. The summed E-state index contributed by atoms with van der Waals surface area (Å²) in [4.78, 5) is 8.36. The average Bonchev–Trinajstić information content (AvgIpc) is 1.41. The maximum atomic E-state index is 8.36. The van der Waals surface area contributed by atoms with Gasteiger partial charge in [0.2, 0.25) is 0 Å². The van der Waals surface area contributed by atoms with Crippen LogP contribution in [0.4, 0.5) is 0 Å². The van der Waals surface area contributed by atoms with Crippen molar-refractivity contribution in [2.24, 2.45) is 0 Å². The summed E-state index contributed by atoms with van der Waals surface area (Å²) in [7, 11) is 1.00. The number of aliphatic hydroxyl groups is 1. The molecule has 0 aliphatic heterocycles. The molecule has 0 atom stereocenters. The van der Waals surface area contributed by atoms with E-state index in [0.29, 0.717) is 0 Å². The van der Waals surface area contributed by atoms with Crippen molar-refractivity contribution in [1.82, 2.24) is 0 Å². The van der Waals surface area contributed by atoms with Gasteiger partial charge in [-0.2, -0.15) is 0 Å². The van der Waals surface area contributed by atoms with Gasteiger partial charge in [-0.05, 0) is 0 Å². The van der Waals surface area contributed by atoms with Crippen molar-refractivity contribution < 1.29 is 34.9 Å². The van der Waals surface area contributed by atoms with Crippen molar-refractivity contribution in [2.75, 3.05) is 7.11 Å². The predicted octanol–water partition coefficient (Wildman–Crippen LogP) is -0.742. The molecule has 0 spiro atoms. The van der Waals surface area contributed by atoms with E-state index in [-0.39, 0.29) is 19.5 Å². The Labute approximate surface area is 52.8 Å². The molecule has 0 aromatic heterocycles. The minimum absolute atomic E-state index is 0. The Morgan fingerprint density at radius 2 is 1.57 bits per heavy atom. The standard InChI is InChI=1S/CH4O.HNO3.Zn/c1-2;2-1(3)4;/h2H,1H3;(H,2,3,4);. The van der Waals surface area contributed by atoms with Crippen LogP contribution in [0.15, 0.2) is 0 Å². The fourth-order valence-corrected chi connectivity index (χ4v) is 0. The van der Waals surface area contributed by atoms with Gasteiger partial charge < -0.3 is 10.3 Å². The van der Waals surface area contributed by atoms with Gasteiger partial charge in [-0.1, -0.05) is 0 Å². The van der Waals surface area contributed by atoms with Crippen LogP contribution in [-0.4, -0.2) is 22.5 Å². The van der Waals surface area contributed by atoms with Crippen LogP contribution in [-0.2, 0) is 19.5 Å². The topological polar surface area (TPSA) is 83.6 Å². The predicted molar refractivity (Wildman–Crippen MR) is 16.9 cm³/mol. The smallest absolute Gasteiger partial charge is 0.291 e. The van der Waals surface area contributed by atoms with Crippen molar-refractivity contribution in [3.63, 3.8) is 0 Å². The number of hydrogen-bond acceptors (Lipinski definition) is 3. The molecule has 0 bridgehead atoms. The zero-order chi connectivity index (χ0) is 5.58. The van der Waals surface area contributed by atoms with Crippen molar-refractivity contribution >= 4 is 0 Å². The molecular formula is CH5NO4Zn. The monoisotopic (exact) mass is 159 g/mol. The summed E-state index contributed by atoms with van der Waals surface area (Å²) in [5.74, 6) is 0. The quantitative estimate of drug-likeness (QED) is 0.278. The first-order chi connectivity index (χ1) is 2.73. The van der Waals surface area contributed by atoms with E-state index in [4.69, 9.17) is 20.4 Å². The van der Waals surface area contributed by atoms with E-state index in [1.807, 2.05) is 0 Å². The van der Waals surface area contributed by atoms with E-state index in [2.05, 4.69) is 0 Å². The van der Waals surface area contributed by atoms with Gasteiger partial charge >= 0.3 is 0 Å². The van der Waals surface area contributed by atoms with Crippen LogP contribution in [0.25, 0.3) is 0 Å². The molecule has 0 aromatic rings. The molecule has 7 heavy (non-hydrogen) atoms. The molecule has 0 aliphatic carbocycles. The summed E-state index contributed by atoms with van der Waals surface area (Å²) in [5.41, 5.74) is 0. The minimum atomic E-state index is -1.50. The van der Waals surface area contributed by atoms with E-state index < -0.39 is 5.09 Å². The van der Waals surface area contributed by atoms with Gasteiger partial charge in [0, 0.05) is 26.6 Å². The Morgan fingerprint density at radius 1 is 1.57 bits per heavy atom. The fraction of sp³-hybridized carbons (Fsp3) is 1.00. The first-order valence-electron chi connectivity index (χ1n) is 1.01. The number of rotatable bonds is 0. The average molecular weight is 160 g/mol. The molecule has 2 N–H and O–H groups in total. The van der Waals surface area contributed by atoms with E-state index in [9.17, 15) is 0 Å². The minimum Gasteiger partial charge on any atom is -0.400 e. The van der Waals surface area contributed by atoms with Gasteiger partial charge in [0.15, 0.2) is 0 Å². The summed E-state index contributed by atoms with van der Waals surface area (Å²) >= 11 is 0. The summed E-state index contributed by atoms with van der Waals surface area (Å²) < 4.78 is 0. The molecule has 5 nitrogen and oxygen atoms in total. The second-order valence-electron chi connectivity index (χ2n) is 0.238. The van der Waals surface area contributed by atoms with Crippen LogP contribution < -0.4 is 0 Å². The van der Waals surface area contributed by atoms with Gasteiger partial charge in [0.25, 0.3) is 5.09 Å². The van der Waals surface area contributed by atoms with Crippen LogP contribution in [0.3, 0.4) is 0 Å². The number of aliphatic hydroxyl groups excluding tert-OH is 1. The van der Waals surface area contributed by atoms with Gasteiger partial charge in [-0.3, -0.25) is 0 Å². The Kier molecular flexibility index (Phi) is 38.7. The molecule has 0 saturated heterocycles. The van der Waals surface area contributed by atoms with E-state index in [1.165, 1.54) is 0 Å². The zero-order valence-electron chi connectivity index (χ0n) is 3.87. The summed E-state index contributed by atoms with van der Waals surface area (Å²) in [6.07, 6.45) is 0. The summed E-state index contributed by atoms with van der Waals surface area (Å²) in [5, 5.41) is 20.6. The molecule has 0 heterocycles. The second-order valence-corrected chi connectivity index (χ2v) is 0.238. The Balaban J connectivity index is -0.0000000480. The molecule has 40 valence electrons. The van der Waals surface area contributed by atoms with E-state index in [1.54, 1.807) is 0 Å². The van der Waals surface area contributed by atoms with Crippen LogP contribution in [0.2, 0.25) is 0 Å². The van der Waals surface area contributed by atoms with Gasteiger partial charge in [-0.25, -0.2) is 0 Å². The summed E-state index contributed by atoms with van der Waals surface area (Å²) in [6, 6.07) is 0.